The molecular weight excluding hydrogens is 306 g/mol. The Hall–Kier alpha value is -0.870. The molecule has 0 saturated heterocycles. The Morgan fingerprint density at radius 2 is 2.11 bits per heavy atom. The van der Waals surface area contributed by atoms with Crippen molar-refractivity contribution in [2.45, 2.75) is 33.6 Å². The quantitative estimate of drug-likeness (QED) is 0.788. The summed E-state index contributed by atoms with van der Waals surface area (Å²) < 4.78 is 0.820. The molecule has 1 aromatic rings. The second-order valence-electron chi connectivity index (χ2n) is 5.67. The van der Waals surface area contributed by atoms with Gasteiger partial charge in [0.05, 0.1) is 5.56 Å². The lowest BCUT2D eigenvalue weighted by Crippen LogP contribution is -2.26. The van der Waals surface area contributed by atoms with E-state index in [-0.39, 0.29) is 17.9 Å². The zero-order valence-corrected chi connectivity index (χ0v) is 13.4. The van der Waals surface area contributed by atoms with Crippen molar-refractivity contribution < 1.29 is 9.90 Å². The van der Waals surface area contributed by atoms with E-state index in [1.54, 1.807) is 0 Å². The molecule has 4 heteroatoms. The van der Waals surface area contributed by atoms with Crippen molar-refractivity contribution in [3.63, 3.8) is 0 Å². The summed E-state index contributed by atoms with van der Waals surface area (Å²) >= 11 is 3.41. The third-order valence-electron chi connectivity index (χ3n) is 3.11. The Morgan fingerprint density at radius 1 is 1.42 bits per heavy atom. The molecule has 1 aromatic carbocycles. The summed E-state index contributed by atoms with van der Waals surface area (Å²) in [5, 5.41) is 12.1. The van der Waals surface area contributed by atoms with E-state index < -0.39 is 0 Å². The topological polar surface area (TPSA) is 49.3 Å². The van der Waals surface area contributed by atoms with Crippen LogP contribution < -0.4 is 5.32 Å². The summed E-state index contributed by atoms with van der Waals surface area (Å²) in [6.07, 6.45) is 1.75. The van der Waals surface area contributed by atoms with Gasteiger partial charge < -0.3 is 10.4 Å². The minimum absolute atomic E-state index is 0.0614. The Kier molecular flexibility index (Phi) is 6.01. The Balaban J connectivity index is 2.44. The average Bonchev–Trinajstić information content (AvgIpc) is 2.34. The van der Waals surface area contributed by atoms with Gasteiger partial charge in [-0.25, -0.2) is 0 Å². The van der Waals surface area contributed by atoms with E-state index in [4.69, 9.17) is 5.11 Å². The second-order valence-corrected chi connectivity index (χ2v) is 6.52. The van der Waals surface area contributed by atoms with Crippen LogP contribution in [0.3, 0.4) is 0 Å². The lowest BCUT2D eigenvalue weighted by atomic mass is 9.89. The van der Waals surface area contributed by atoms with E-state index in [1.807, 2.05) is 39.0 Å². The molecule has 0 saturated carbocycles. The van der Waals surface area contributed by atoms with Gasteiger partial charge in [-0.3, -0.25) is 4.79 Å². The molecule has 0 heterocycles. The van der Waals surface area contributed by atoms with Crippen LogP contribution in [0.2, 0.25) is 0 Å². The van der Waals surface area contributed by atoms with Gasteiger partial charge in [0.15, 0.2) is 0 Å². The molecule has 0 fully saturated rings. The molecule has 19 heavy (non-hydrogen) atoms. The van der Waals surface area contributed by atoms with Crippen LogP contribution in [-0.2, 0) is 0 Å². The predicted octanol–water partition coefficient (Wildman–Crippen LogP) is 3.29. The Bertz CT molecular complexity index is 444. The molecule has 0 aromatic heterocycles. The van der Waals surface area contributed by atoms with Crippen molar-refractivity contribution >= 4 is 21.8 Å². The molecule has 0 aliphatic carbocycles. The number of aliphatic hydroxyl groups excluding tert-OH is 1. The van der Waals surface area contributed by atoms with Crippen LogP contribution in [0, 0.1) is 12.3 Å². The van der Waals surface area contributed by atoms with Crippen LogP contribution in [0.4, 0.5) is 0 Å². The number of amides is 1. The first-order valence-electron chi connectivity index (χ1n) is 6.51. The number of halogens is 1. The van der Waals surface area contributed by atoms with Gasteiger partial charge in [-0.15, -0.1) is 0 Å². The summed E-state index contributed by atoms with van der Waals surface area (Å²) in [6.45, 7) is 6.83. The molecule has 1 rings (SSSR count). The molecule has 3 nitrogen and oxygen atoms in total. The smallest absolute Gasteiger partial charge is 0.252 e. The number of benzene rings is 1. The van der Waals surface area contributed by atoms with Gasteiger partial charge in [0, 0.05) is 17.6 Å². The van der Waals surface area contributed by atoms with E-state index in [2.05, 4.69) is 21.2 Å². The number of carbonyl (C=O) groups is 1. The first-order chi connectivity index (χ1) is 8.85. The monoisotopic (exact) mass is 327 g/mol. The summed E-state index contributed by atoms with van der Waals surface area (Å²) in [6, 6.07) is 5.69. The minimum Gasteiger partial charge on any atom is -0.396 e. The largest absolute Gasteiger partial charge is 0.396 e. The van der Waals surface area contributed by atoms with Crippen molar-refractivity contribution in [1.29, 1.82) is 0 Å². The van der Waals surface area contributed by atoms with Gasteiger partial charge in [-0.1, -0.05) is 19.9 Å². The molecule has 1 amide bonds. The van der Waals surface area contributed by atoms with Crippen LogP contribution >= 0.6 is 15.9 Å². The second kappa shape index (κ2) is 7.06. The summed E-state index contributed by atoms with van der Waals surface area (Å²) in [5.74, 6) is -0.0614. The van der Waals surface area contributed by atoms with E-state index in [0.717, 1.165) is 22.9 Å². The lowest BCUT2D eigenvalue weighted by molar-refractivity contribution is 0.0948. The van der Waals surface area contributed by atoms with Crippen molar-refractivity contribution in [2.24, 2.45) is 5.41 Å². The van der Waals surface area contributed by atoms with Crippen molar-refractivity contribution in [2.75, 3.05) is 13.2 Å². The normalized spacial score (nSPS) is 11.4. The molecule has 0 spiro atoms. The molecular formula is C15H22BrNO2. The number of carbonyl (C=O) groups excluding carboxylic acids is 1. The highest BCUT2D eigenvalue weighted by Crippen LogP contribution is 2.21. The fraction of sp³-hybridized carbons (Fsp3) is 0.533. The molecule has 0 atom stereocenters. The molecule has 106 valence electrons. The molecule has 0 aliphatic heterocycles. The van der Waals surface area contributed by atoms with Crippen molar-refractivity contribution in [3.8, 4) is 0 Å². The van der Waals surface area contributed by atoms with E-state index >= 15 is 0 Å². The first-order valence-corrected chi connectivity index (χ1v) is 7.30. The molecule has 0 aliphatic rings. The first kappa shape index (κ1) is 16.2. The van der Waals surface area contributed by atoms with Crippen LogP contribution in [0.5, 0.6) is 0 Å². The van der Waals surface area contributed by atoms with Crippen LogP contribution in [0.1, 0.15) is 42.6 Å². The van der Waals surface area contributed by atoms with Gasteiger partial charge in [-0.2, -0.15) is 0 Å². The van der Waals surface area contributed by atoms with E-state index in [1.165, 1.54) is 0 Å². The fourth-order valence-electron chi connectivity index (χ4n) is 1.75. The van der Waals surface area contributed by atoms with Gasteiger partial charge >= 0.3 is 0 Å². The molecule has 0 unspecified atom stereocenters. The highest BCUT2D eigenvalue weighted by atomic mass is 79.9. The van der Waals surface area contributed by atoms with Crippen molar-refractivity contribution in [1.82, 2.24) is 5.32 Å². The summed E-state index contributed by atoms with van der Waals surface area (Å²) in [7, 11) is 0. The zero-order valence-electron chi connectivity index (χ0n) is 11.8. The molecule has 0 bridgehead atoms. The highest BCUT2D eigenvalue weighted by molar-refractivity contribution is 9.10. The van der Waals surface area contributed by atoms with Crippen LogP contribution in [0.15, 0.2) is 22.7 Å². The zero-order chi connectivity index (χ0) is 14.5. The molecule has 0 radical (unpaired) electrons. The van der Waals surface area contributed by atoms with Gasteiger partial charge in [0.25, 0.3) is 5.91 Å². The van der Waals surface area contributed by atoms with Gasteiger partial charge in [-0.05, 0) is 58.8 Å². The van der Waals surface area contributed by atoms with E-state index in [9.17, 15) is 4.79 Å². The average molecular weight is 328 g/mol. The number of hydrogen-bond acceptors (Lipinski definition) is 2. The third-order valence-corrected chi connectivity index (χ3v) is 3.77. The van der Waals surface area contributed by atoms with Crippen LogP contribution in [0.25, 0.3) is 0 Å². The Labute approximate surface area is 123 Å². The van der Waals surface area contributed by atoms with E-state index in [0.29, 0.717) is 12.1 Å². The highest BCUT2D eigenvalue weighted by Gasteiger charge is 2.16. The van der Waals surface area contributed by atoms with Gasteiger partial charge in [0.1, 0.15) is 0 Å². The van der Waals surface area contributed by atoms with Gasteiger partial charge in [0.2, 0.25) is 0 Å². The summed E-state index contributed by atoms with van der Waals surface area (Å²) in [4.78, 5) is 12.0. The number of aryl methyl sites for hydroxylation is 1. The maximum absolute atomic E-state index is 12.0. The lowest BCUT2D eigenvalue weighted by Gasteiger charge is -2.21. The minimum atomic E-state index is -0.0742. The van der Waals surface area contributed by atoms with Crippen LogP contribution in [-0.4, -0.2) is 24.2 Å². The fourth-order valence-corrected chi connectivity index (χ4v) is 2.42. The molecule has 2 N–H and O–H groups in total. The third kappa shape index (κ3) is 5.33. The Morgan fingerprint density at radius 3 is 2.68 bits per heavy atom. The number of nitrogens with one attached hydrogen (secondary N) is 1. The number of aliphatic hydroxyl groups is 1. The SMILES string of the molecule is Cc1ccc(C(=O)NCCCC(C)(C)CO)c(Br)c1. The number of rotatable bonds is 6. The standard InChI is InChI=1S/C15H22BrNO2/c1-11-5-6-12(13(16)9-11)14(19)17-8-4-7-15(2,3)10-18/h5-6,9,18H,4,7-8,10H2,1-3H3,(H,17,19). The summed E-state index contributed by atoms with van der Waals surface area (Å²) in [5.41, 5.74) is 1.70. The maximum Gasteiger partial charge on any atom is 0.252 e. The number of hydrogen-bond donors (Lipinski definition) is 2. The maximum atomic E-state index is 12.0. The van der Waals surface area contributed by atoms with Crippen molar-refractivity contribution in [3.05, 3.63) is 33.8 Å². The predicted molar refractivity (Wildman–Crippen MR) is 81.3 cm³/mol.